The van der Waals surface area contributed by atoms with E-state index in [2.05, 4.69) is 13.8 Å². The normalized spacial score (nSPS) is 19.8. The van der Waals surface area contributed by atoms with E-state index in [-0.39, 0.29) is 36.7 Å². The average molecular weight is 305 g/mol. The van der Waals surface area contributed by atoms with Crippen molar-refractivity contribution in [2.75, 3.05) is 13.2 Å². The number of hydrogen-bond acceptors (Lipinski definition) is 4. The summed E-state index contributed by atoms with van der Waals surface area (Å²) in [5.41, 5.74) is 0.946. The van der Waals surface area contributed by atoms with Crippen molar-refractivity contribution in [1.29, 1.82) is 0 Å². The average Bonchev–Trinajstić information content (AvgIpc) is 2.79. The summed E-state index contributed by atoms with van der Waals surface area (Å²) in [5.74, 6) is -0.331. The Bertz CT molecular complexity index is 527. The van der Waals surface area contributed by atoms with Gasteiger partial charge in [-0.3, -0.25) is 4.79 Å². The van der Waals surface area contributed by atoms with Gasteiger partial charge in [-0.25, -0.2) is 4.79 Å². The molecule has 22 heavy (non-hydrogen) atoms. The maximum Gasteiger partial charge on any atom is 0.410 e. The molecular formula is C17H23NO4. The number of nitrogens with zero attached hydrogens (tertiary/aromatic N) is 1. The molecule has 1 heterocycles. The molecular weight excluding hydrogens is 282 g/mol. The molecule has 120 valence electrons. The van der Waals surface area contributed by atoms with Crippen LogP contribution in [0.25, 0.3) is 0 Å². The first-order valence-electron chi connectivity index (χ1n) is 7.48. The highest BCUT2D eigenvalue weighted by Gasteiger charge is 2.41. The summed E-state index contributed by atoms with van der Waals surface area (Å²) in [6.45, 7) is 6.64. The SMILES string of the molecule is CC(=O)OCC1CC(C)(C)CN1C(=O)OCc1ccccc1. The summed E-state index contributed by atoms with van der Waals surface area (Å²) >= 11 is 0. The Labute approximate surface area is 131 Å². The predicted octanol–water partition coefficient (Wildman–Crippen LogP) is 2.99. The second-order valence-electron chi connectivity index (χ2n) is 6.49. The van der Waals surface area contributed by atoms with Crippen LogP contribution in [0.15, 0.2) is 30.3 Å². The van der Waals surface area contributed by atoms with Crippen LogP contribution < -0.4 is 0 Å². The summed E-state index contributed by atoms with van der Waals surface area (Å²) in [6, 6.07) is 9.44. The summed E-state index contributed by atoms with van der Waals surface area (Å²) in [6.07, 6.45) is 0.437. The Morgan fingerprint density at radius 2 is 1.91 bits per heavy atom. The Morgan fingerprint density at radius 1 is 1.23 bits per heavy atom. The minimum Gasteiger partial charge on any atom is -0.464 e. The summed E-state index contributed by atoms with van der Waals surface area (Å²) in [4.78, 5) is 25.0. The molecule has 0 saturated carbocycles. The van der Waals surface area contributed by atoms with Crippen LogP contribution in [0.5, 0.6) is 0 Å². The Balaban J connectivity index is 1.94. The summed E-state index contributed by atoms with van der Waals surface area (Å²) in [5, 5.41) is 0. The number of esters is 1. The van der Waals surface area contributed by atoms with E-state index in [0.717, 1.165) is 12.0 Å². The lowest BCUT2D eigenvalue weighted by Crippen LogP contribution is -2.39. The van der Waals surface area contributed by atoms with Crippen molar-refractivity contribution >= 4 is 12.1 Å². The van der Waals surface area contributed by atoms with Crippen molar-refractivity contribution in [3.63, 3.8) is 0 Å². The lowest BCUT2D eigenvalue weighted by Gasteiger charge is -2.23. The molecule has 5 heteroatoms. The van der Waals surface area contributed by atoms with Crippen molar-refractivity contribution in [2.24, 2.45) is 5.41 Å². The highest BCUT2D eigenvalue weighted by molar-refractivity contribution is 5.69. The van der Waals surface area contributed by atoms with Crippen molar-refractivity contribution < 1.29 is 19.1 Å². The molecule has 0 radical (unpaired) electrons. The molecule has 0 aromatic heterocycles. The predicted molar refractivity (Wildman–Crippen MR) is 82.2 cm³/mol. The molecule has 0 bridgehead atoms. The van der Waals surface area contributed by atoms with E-state index in [4.69, 9.17) is 9.47 Å². The Morgan fingerprint density at radius 3 is 2.55 bits per heavy atom. The lowest BCUT2D eigenvalue weighted by molar-refractivity contribution is -0.142. The molecule has 1 aromatic rings. The van der Waals surface area contributed by atoms with Crippen LogP contribution in [-0.2, 0) is 20.9 Å². The number of benzene rings is 1. The number of carbonyl (C=O) groups excluding carboxylic acids is 2. The van der Waals surface area contributed by atoms with Crippen LogP contribution in [0.4, 0.5) is 4.79 Å². The monoisotopic (exact) mass is 305 g/mol. The number of likely N-dealkylation sites (tertiary alicyclic amines) is 1. The molecule has 1 atom stereocenters. The van der Waals surface area contributed by atoms with Crippen LogP contribution in [0, 0.1) is 5.41 Å². The van der Waals surface area contributed by atoms with Gasteiger partial charge in [0.1, 0.15) is 13.2 Å². The first kappa shape index (κ1) is 16.3. The second-order valence-corrected chi connectivity index (χ2v) is 6.49. The highest BCUT2D eigenvalue weighted by Crippen LogP contribution is 2.34. The lowest BCUT2D eigenvalue weighted by atomic mass is 9.91. The third-order valence-electron chi connectivity index (χ3n) is 3.75. The van der Waals surface area contributed by atoms with Gasteiger partial charge >= 0.3 is 12.1 Å². The zero-order chi connectivity index (χ0) is 16.2. The molecule has 1 aliphatic heterocycles. The molecule has 2 rings (SSSR count). The zero-order valence-corrected chi connectivity index (χ0v) is 13.4. The Kier molecular flexibility index (Phi) is 5.06. The van der Waals surface area contributed by atoms with Gasteiger partial charge in [0.25, 0.3) is 0 Å². The van der Waals surface area contributed by atoms with Crippen LogP contribution in [0.1, 0.15) is 32.8 Å². The van der Waals surface area contributed by atoms with E-state index in [1.54, 1.807) is 4.90 Å². The van der Waals surface area contributed by atoms with E-state index in [1.807, 2.05) is 30.3 Å². The van der Waals surface area contributed by atoms with Crippen LogP contribution in [0.3, 0.4) is 0 Å². The molecule has 1 saturated heterocycles. The van der Waals surface area contributed by atoms with Gasteiger partial charge in [0.15, 0.2) is 0 Å². The van der Waals surface area contributed by atoms with Gasteiger partial charge in [0, 0.05) is 13.5 Å². The number of hydrogen-bond donors (Lipinski definition) is 0. The number of ether oxygens (including phenoxy) is 2. The maximum absolute atomic E-state index is 12.3. The van der Waals surface area contributed by atoms with Crippen molar-refractivity contribution in [3.8, 4) is 0 Å². The molecule has 0 aliphatic carbocycles. The fraction of sp³-hybridized carbons (Fsp3) is 0.529. The van der Waals surface area contributed by atoms with E-state index in [9.17, 15) is 9.59 Å². The van der Waals surface area contributed by atoms with Gasteiger partial charge in [-0.1, -0.05) is 44.2 Å². The van der Waals surface area contributed by atoms with Gasteiger partial charge in [-0.15, -0.1) is 0 Å². The fourth-order valence-electron chi connectivity index (χ4n) is 2.78. The number of rotatable bonds is 4. The standard InChI is InChI=1S/C17H23NO4/c1-13(19)21-11-15-9-17(2,3)12-18(15)16(20)22-10-14-7-5-4-6-8-14/h4-8,15H,9-12H2,1-3H3. The van der Waals surface area contributed by atoms with Crippen molar-refractivity contribution in [2.45, 2.75) is 39.8 Å². The third-order valence-corrected chi connectivity index (χ3v) is 3.75. The summed E-state index contributed by atoms with van der Waals surface area (Å²) in [7, 11) is 0. The quantitative estimate of drug-likeness (QED) is 0.802. The third kappa shape index (κ3) is 4.48. The molecule has 1 fully saturated rings. The van der Waals surface area contributed by atoms with Gasteiger partial charge in [0.2, 0.25) is 0 Å². The van der Waals surface area contributed by atoms with E-state index < -0.39 is 0 Å². The van der Waals surface area contributed by atoms with Gasteiger partial charge < -0.3 is 14.4 Å². The first-order chi connectivity index (χ1) is 10.4. The fourth-order valence-corrected chi connectivity index (χ4v) is 2.78. The maximum atomic E-state index is 12.3. The van der Waals surface area contributed by atoms with Gasteiger partial charge in [0.05, 0.1) is 6.04 Å². The zero-order valence-electron chi connectivity index (χ0n) is 13.4. The summed E-state index contributed by atoms with van der Waals surface area (Å²) < 4.78 is 10.5. The smallest absolute Gasteiger partial charge is 0.410 e. The van der Waals surface area contributed by atoms with Crippen LogP contribution in [0.2, 0.25) is 0 Å². The Hall–Kier alpha value is -2.04. The number of amides is 1. The van der Waals surface area contributed by atoms with E-state index in [0.29, 0.717) is 6.54 Å². The van der Waals surface area contributed by atoms with Crippen LogP contribution >= 0.6 is 0 Å². The molecule has 1 amide bonds. The largest absolute Gasteiger partial charge is 0.464 e. The second kappa shape index (κ2) is 6.81. The van der Waals surface area contributed by atoms with Crippen molar-refractivity contribution in [3.05, 3.63) is 35.9 Å². The van der Waals surface area contributed by atoms with E-state index >= 15 is 0 Å². The minimum absolute atomic E-state index is 0.00339. The van der Waals surface area contributed by atoms with Crippen molar-refractivity contribution in [1.82, 2.24) is 4.90 Å². The topological polar surface area (TPSA) is 55.8 Å². The molecule has 1 aliphatic rings. The van der Waals surface area contributed by atoms with Gasteiger partial charge in [-0.2, -0.15) is 0 Å². The highest BCUT2D eigenvalue weighted by atomic mass is 16.6. The molecule has 1 unspecified atom stereocenters. The minimum atomic E-state index is -0.355. The van der Waals surface area contributed by atoms with Gasteiger partial charge in [-0.05, 0) is 17.4 Å². The molecule has 5 nitrogen and oxygen atoms in total. The number of carbonyl (C=O) groups is 2. The van der Waals surface area contributed by atoms with Crippen LogP contribution in [-0.4, -0.2) is 36.2 Å². The van der Waals surface area contributed by atoms with E-state index in [1.165, 1.54) is 6.92 Å². The first-order valence-corrected chi connectivity index (χ1v) is 7.48. The molecule has 1 aromatic carbocycles. The molecule has 0 spiro atoms. The molecule has 0 N–H and O–H groups in total.